The first-order valence-corrected chi connectivity index (χ1v) is 10.5. The highest BCUT2D eigenvalue weighted by Crippen LogP contribution is 2.12. The molecule has 0 aliphatic rings. The molecule has 0 rings (SSSR count). The van der Waals surface area contributed by atoms with Crippen LogP contribution in [-0.2, 0) is 9.53 Å². The Morgan fingerprint density at radius 2 is 1.48 bits per heavy atom. The third-order valence-corrected chi connectivity index (χ3v) is 4.40. The molecular formula is C22H40O3. The lowest BCUT2D eigenvalue weighted by Crippen LogP contribution is -2.03. The quantitative estimate of drug-likeness (QED) is 0.222. The summed E-state index contributed by atoms with van der Waals surface area (Å²) in [6.07, 6.45) is 16.0. The van der Waals surface area contributed by atoms with E-state index in [-0.39, 0.29) is 18.5 Å². The van der Waals surface area contributed by atoms with Gasteiger partial charge in [-0.2, -0.15) is 0 Å². The van der Waals surface area contributed by atoms with Crippen LogP contribution in [0.1, 0.15) is 104 Å². The zero-order valence-electron chi connectivity index (χ0n) is 16.7. The summed E-state index contributed by atoms with van der Waals surface area (Å²) >= 11 is 0. The number of aliphatic hydroxyl groups excluding tert-OH is 1. The Morgan fingerprint density at radius 1 is 0.920 bits per heavy atom. The van der Waals surface area contributed by atoms with E-state index in [0.29, 0.717) is 13.0 Å². The average Bonchev–Trinajstić information content (AvgIpc) is 2.61. The van der Waals surface area contributed by atoms with Crippen LogP contribution in [-0.4, -0.2) is 24.3 Å². The second-order valence-corrected chi connectivity index (χ2v) is 6.83. The lowest BCUT2D eigenvalue weighted by Gasteiger charge is -2.03. The maximum absolute atomic E-state index is 11.2. The van der Waals surface area contributed by atoms with E-state index in [0.717, 1.165) is 32.1 Å². The minimum atomic E-state index is -0.0514. The van der Waals surface area contributed by atoms with Crippen molar-refractivity contribution >= 4 is 5.97 Å². The van der Waals surface area contributed by atoms with Crippen LogP contribution in [0.25, 0.3) is 0 Å². The molecule has 1 unspecified atom stereocenters. The van der Waals surface area contributed by atoms with Crippen LogP contribution in [0.4, 0.5) is 0 Å². The van der Waals surface area contributed by atoms with E-state index >= 15 is 0 Å². The van der Waals surface area contributed by atoms with Crippen molar-refractivity contribution in [1.29, 1.82) is 0 Å². The van der Waals surface area contributed by atoms with E-state index in [1.54, 1.807) is 0 Å². The smallest absolute Gasteiger partial charge is 0.305 e. The molecule has 0 saturated heterocycles. The fourth-order valence-electron chi connectivity index (χ4n) is 2.90. The monoisotopic (exact) mass is 352 g/mol. The van der Waals surface area contributed by atoms with Gasteiger partial charge in [-0.05, 0) is 26.2 Å². The first-order chi connectivity index (χ1) is 12.2. The molecule has 0 heterocycles. The topological polar surface area (TPSA) is 46.5 Å². The van der Waals surface area contributed by atoms with E-state index in [4.69, 9.17) is 4.74 Å². The second-order valence-electron chi connectivity index (χ2n) is 6.83. The normalized spacial score (nSPS) is 11.6. The van der Waals surface area contributed by atoms with E-state index in [9.17, 15) is 9.90 Å². The molecule has 1 N–H and O–H groups in total. The Kier molecular flexibility index (Phi) is 18.5. The number of carbonyl (C=O) groups is 1. The zero-order valence-corrected chi connectivity index (χ0v) is 16.7. The fraction of sp³-hybridized carbons (Fsp3) is 0.864. The van der Waals surface area contributed by atoms with Crippen LogP contribution in [0.15, 0.2) is 0 Å². The Balaban J connectivity index is 3.26. The fourth-order valence-corrected chi connectivity index (χ4v) is 2.90. The van der Waals surface area contributed by atoms with E-state index in [1.807, 2.05) is 6.92 Å². The molecule has 0 spiro atoms. The largest absolute Gasteiger partial charge is 0.466 e. The lowest BCUT2D eigenvalue weighted by molar-refractivity contribution is -0.143. The van der Waals surface area contributed by atoms with Crippen LogP contribution in [0.5, 0.6) is 0 Å². The first-order valence-electron chi connectivity index (χ1n) is 10.5. The van der Waals surface area contributed by atoms with Gasteiger partial charge in [0.15, 0.2) is 0 Å². The summed E-state index contributed by atoms with van der Waals surface area (Å²) in [5.41, 5.74) is 0. The molecule has 1 atom stereocenters. The summed E-state index contributed by atoms with van der Waals surface area (Å²) in [6, 6.07) is 0. The predicted octanol–water partition coefficient (Wildman–Crippen LogP) is 5.64. The van der Waals surface area contributed by atoms with Crippen molar-refractivity contribution in [3.63, 3.8) is 0 Å². The third-order valence-electron chi connectivity index (χ3n) is 4.40. The molecule has 0 fully saturated rings. The zero-order chi connectivity index (χ0) is 18.6. The SMILES string of the molecule is CCCC(C#CCCCCCCCCCCCCC(=O)OCC)CO. The molecular weight excluding hydrogens is 312 g/mol. The molecule has 0 saturated carbocycles. The molecule has 3 nitrogen and oxygen atoms in total. The minimum Gasteiger partial charge on any atom is -0.466 e. The molecule has 25 heavy (non-hydrogen) atoms. The van der Waals surface area contributed by atoms with Gasteiger partial charge in [0.25, 0.3) is 0 Å². The number of rotatable bonds is 16. The van der Waals surface area contributed by atoms with E-state index in [1.165, 1.54) is 51.4 Å². The first kappa shape index (κ1) is 24.0. The van der Waals surface area contributed by atoms with Crippen LogP contribution < -0.4 is 0 Å². The average molecular weight is 353 g/mol. The number of hydrogen-bond donors (Lipinski definition) is 1. The Bertz CT molecular complexity index is 354. The Labute approximate surface area is 155 Å². The van der Waals surface area contributed by atoms with Gasteiger partial charge >= 0.3 is 5.97 Å². The van der Waals surface area contributed by atoms with Crippen molar-refractivity contribution in [1.82, 2.24) is 0 Å². The maximum atomic E-state index is 11.2. The third kappa shape index (κ3) is 17.6. The standard InChI is InChI=1S/C22H40O3/c1-3-17-21(20-23)18-15-13-11-9-7-5-6-8-10-12-14-16-19-22(24)25-4-2/h21,23H,3-14,16-17,19-20H2,1-2H3. The predicted molar refractivity (Wildman–Crippen MR) is 105 cm³/mol. The molecule has 0 amide bonds. The highest BCUT2D eigenvalue weighted by molar-refractivity contribution is 5.69. The van der Waals surface area contributed by atoms with Crippen molar-refractivity contribution in [3.8, 4) is 11.8 Å². The lowest BCUT2D eigenvalue weighted by atomic mass is 10.0. The molecule has 0 radical (unpaired) electrons. The summed E-state index contributed by atoms with van der Waals surface area (Å²) in [6.45, 7) is 4.68. The van der Waals surface area contributed by atoms with E-state index in [2.05, 4.69) is 18.8 Å². The second kappa shape index (κ2) is 19.3. The van der Waals surface area contributed by atoms with Crippen molar-refractivity contribution in [2.75, 3.05) is 13.2 Å². The van der Waals surface area contributed by atoms with Gasteiger partial charge in [0.1, 0.15) is 0 Å². The van der Waals surface area contributed by atoms with Gasteiger partial charge in [-0.3, -0.25) is 4.79 Å². The van der Waals surface area contributed by atoms with Gasteiger partial charge in [0.05, 0.1) is 13.2 Å². The summed E-state index contributed by atoms with van der Waals surface area (Å²) in [5.74, 6) is 6.55. The molecule has 0 aliphatic heterocycles. The van der Waals surface area contributed by atoms with Crippen LogP contribution in [0.2, 0.25) is 0 Å². The molecule has 0 bridgehead atoms. The maximum Gasteiger partial charge on any atom is 0.305 e. The van der Waals surface area contributed by atoms with Crippen LogP contribution >= 0.6 is 0 Å². The number of esters is 1. The van der Waals surface area contributed by atoms with Gasteiger partial charge in [-0.15, -0.1) is 5.92 Å². The van der Waals surface area contributed by atoms with Crippen molar-refractivity contribution in [3.05, 3.63) is 0 Å². The number of ether oxygens (including phenoxy) is 1. The molecule has 0 aromatic rings. The molecule has 3 heteroatoms. The molecule has 0 aromatic heterocycles. The summed E-state index contributed by atoms with van der Waals surface area (Å²) in [4.78, 5) is 11.2. The number of unbranched alkanes of at least 4 members (excludes halogenated alkanes) is 10. The number of carbonyl (C=O) groups excluding carboxylic acids is 1. The number of aliphatic hydroxyl groups is 1. The van der Waals surface area contributed by atoms with Crippen molar-refractivity contribution in [2.24, 2.45) is 5.92 Å². The van der Waals surface area contributed by atoms with Crippen LogP contribution in [0.3, 0.4) is 0 Å². The highest BCUT2D eigenvalue weighted by Gasteiger charge is 2.01. The Hall–Kier alpha value is -1.01. The van der Waals surface area contributed by atoms with Gasteiger partial charge in [0.2, 0.25) is 0 Å². The highest BCUT2D eigenvalue weighted by atomic mass is 16.5. The molecule has 146 valence electrons. The van der Waals surface area contributed by atoms with Crippen LogP contribution in [0, 0.1) is 17.8 Å². The summed E-state index contributed by atoms with van der Waals surface area (Å²) in [7, 11) is 0. The molecule has 0 aliphatic carbocycles. The van der Waals surface area contributed by atoms with Gasteiger partial charge in [0, 0.05) is 18.8 Å². The number of hydrogen-bond acceptors (Lipinski definition) is 3. The Morgan fingerprint density at radius 3 is 2.00 bits per heavy atom. The van der Waals surface area contributed by atoms with E-state index < -0.39 is 0 Å². The summed E-state index contributed by atoms with van der Waals surface area (Å²) < 4.78 is 4.92. The van der Waals surface area contributed by atoms with Crippen molar-refractivity contribution < 1.29 is 14.6 Å². The van der Waals surface area contributed by atoms with Gasteiger partial charge < -0.3 is 9.84 Å². The summed E-state index contributed by atoms with van der Waals surface area (Å²) in [5, 5.41) is 9.17. The van der Waals surface area contributed by atoms with Crippen molar-refractivity contribution in [2.45, 2.75) is 104 Å². The van der Waals surface area contributed by atoms with Gasteiger partial charge in [-0.1, -0.05) is 70.6 Å². The molecule has 0 aromatic carbocycles. The minimum absolute atomic E-state index is 0.0514. The van der Waals surface area contributed by atoms with Gasteiger partial charge in [-0.25, -0.2) is 0 Å².